The molecular weight excluding hydrogens is 288 g/mol. The van der Waals surface area contributed by atoms with Crippen molar-refractivity contribution in [2.24, 2.45) is 12.0 Å². The van der Waals surface area contributed by atoms with Crippen LogP contribution < -0.4 is 5.32 Å². The van der Waals surface area contributed by atoms with Gasteiger partial charge in [-0.2, -0.15) is 0 Å². The van der Waals surface area contributed by atoms with Gasteiger partial charge < -0.3 is 19.5 Å². The first kappa shape index (κ1) is 17.9. The van der Waals surface area contributed by atoms with E-state index < -0.39 is 0 Å². The van der Waals surface area contributed by atoms with Crippen LogP contribution in [-0.4, -0.2) is 49.3 Å². The quantitative estimate of drug-likeness (QED) is 0.455. The minimum Gasteiger partial charge on any atom is -0.380 e. The summed E-state index contributed by atoms with van der Waals surface area (Å²) < 4.78 is 7.56. The average molecular weight is 315 g/mol. The molecule has 1 aromatic heterocycles. The highest BCUT2D eigenvalue weighted by Gasteiger charge is 2.09. The lowest BCUT2D eigenvalue weighted by molar-refractivity contribution is 0.135. The van der Waals surface area contributed by atoms with Gasteiger partial charge in [-0.1, -0.05) is 24.9 Å². The van der Waals surface area contributed by atoms with Crippen LogP contribution in [-0.2, 0) is 18.3 Å². The van der Waals surface area contributed by atoms with E-state index in [4.69, 9.17) is 16.3 Å². The molecule has 0 unspecified atom stereocenters. The minimum absolute atomic E-state index is 0.697. The number of nitrogens with zero attached hydrogens (tertiary/aromatic N) is 3. The molecule has 1 N–H and O–H groups in total. The van der Waals surface area contributed by atoms with E-state index >= 15 is 0 Å². The summed E-state index contributed by atoms with van der Waals surface area (Å²) in [6.45, 7) is 5.19. The van der Waals surface area contributed by atoms with E-state index in [2.05, 4.69) is 22.1 Å². The Hall–Kier alpha value is -1.20. The molecule has 6 heteroatoms. The normalized spacial score (nSPS) is 11.8. The number of aromatic nitrogens is 1. The van der Waals surface area contributed by atoms with Gasteiger partial charge in [0.25, 0.3) is 0 Å². The molecule has 0 bridgehead atoms. The van der Waals surface area contributed by atoms with E-state index in [-0.39, 0.29) is 0 Å². The number of rotatable bonds is 8. The summed E-state index contributed by atoms with van der Waals surface area (Å²) >= 11 is 6.00. The molecule has 0 amide bonds. The van der Waals surface area contributed by atoms with Crippen LogP contribution in [0.2, 0.25) is 5.02 Å². The molecule has 21 heavy (non-hydrogen) atoms. The van der Waals surface area contributed by atoms with E-state index in [0.29, 0.717) is 6.61 Å². The third-order valence-electron chi connectivity index (χ3n) is 3.22. The van der Waals surface area contributed by atoms with Crippen molar-refractivity contribution in [1.29, 1.82) is 0 Å². The van der Waals surface area contributed by atoms with Crippen LogP contribution in [0, 0.1) is 0 Å². The topological polar surface area (TPSA) is 41.8 Å². The van der Waals surface area contributed by atoms with E-state index in [1.807, 2.05) is 30.9 Å². The van der Waals surface area contributed by atoms with Crippen LogP contribution in [0.25, 0.3) is 0 Å². The fraction of sp³-hybridized carbons (Fsp3) is 0.667. The molecule has 0 spiro atoms. The molecule has 0 aliphatic carbocycles. The minimum atomic E-state index is 0.697. The molecule has 0 atom stereocenters. The van der Waals surface area contributed by atoms with Gasteiger partial charge in [-0.3, -0.25) is 4.99 Å². The molecule has 0 fully saturated rings. The third kappa shape index (κ3) is 6.40. The number of hydrogen-bond donors (Lipinski definition) is 1. The maximum absolute atomic E-state index is 6.00. The Morgan fingerprint density at radius 3 is 2.81 bits per heavy atom. The Bertz CT molecular complexity index is 445. The van der Waals surface area contributed by atoms with Crippen LogP contribution in [0.1, 0.15) is 25.5 Å². The van der Waals surface area contributed by atoms with Crippen molar-refractivity contribution in [3.63, 3.8) is 0 Å². The molecule has 0 saturated heterocycles. The summed E-state index contributed by atoms with van der Waals surface area (Å²) in [5.41, 5.74) is 1.14. The average Bonchev–Trinajstić information content (AvgIpc) is 2.76. The van der Waals surface area contributed by atoms with Gasteiger partial charge in [-0.25, -0.2) is 0 Å². The first-order valence-corrected chi connectivity index (χ1v) is 7.76. The standard InChI is InChI=1S/C15H27ClN4O/c1-5-6-8-21-9-7-18-15(17-2)20(4)12-14-10-13(16)11-19(14)3/h10-11H,5-9,12H2,1-4H3,(H,17,18). The highest BCUT2D eigenvalue weighted by atomic mass is 35.5. The van der Waals surface area contributed by atoms with Gasteiger partial charge in [0.15, 0.2) is 5.96 Å². The lowest BCUT2D eigenvalue weighted by Gasteiger charge is -2.22. The second kappa shape index (κ2) is 9.68. The van der Waals surface area contributed by atoms with Crippen molar-refractivity contribution < 1.29 is 4.74 Å². The van der Waals surface area contributed by atoms with Crippen molar-refractivity contribution in [2.75, 3.05) is 33.9 Å². The van der Waals surface area contributed by atoms with Gasteiger partial charge in [0.2, 0.25) is 0 Å². The SMILES string of the molecule is CCCCOCCNC(=NC)N(C)Cc1cc(Cl)cn1C. The Kier molecular flexibility index (Phi) is 8.23. The first-order chi connectivity index (χ1) is 10.1. The molecule has 0 aliphatic rings. The highest BCUT2D eigenvalue weighted by Crippen LogP contribution is 2.14. The van der Waals surface area contributed by atoms with E-state index in [1.165, 1.54) is 0 Å². The summed E-state index contributed by atoms with van der Waals surface area (Å²) in [6.07, 6.45) is 4.18. The van der Waals surface area contributed by atoms with Gasteiger partial charge in [0.05, 0.1) is 18.2 Å². The van der Waals surface area contributed by atoms with Gasteiger partial charge in [0, 0.05) is 46.2 Å². The second-order valence-corrected chi connectivity index (χ2v) is 5.49. The Morgan fingerprint density at radius 2 is 2.24 bits per heavy atom. The predicted molar refractivity (Wildman–Crippen MR) is 89.0 cm³/mol. The number of nitrogens with one attached hydrogen (secondary N) is 1. The zero-order chi connectivity index (χ0) is 15.7. The summed E-state index contributed by atoms with van der Waals surface area (Å²) in [5.74, 6) is 0.853. The fourth-order valence-corrected chi connectivity index (χ4v) is 2.28. The van der Waals surface area contributed by atoms with Crippen LogP contribution in [0.4, 0.5) is 0 Å². The van der Waals surface area contributed by atoms with Crippen LogP contribution in [0.5, 0.6) is 0 Å². The smallest absolute Gasteiger partial charge is 0.193 e. The molecule has 1 aromatic rings. The molecule has 0 aromatic carbocycles. The number of aliphatic imine (C=N–C) groups is 1. The Morgan fingerprint density at radius 1 is 1.48 bits per heavy atom. The molecule has 1 rings (SSSR count). The van der Waals surface area contributed by atoms with Crippen LogP contribution >= 0.6 is 11.6 Å². The van der Waals surface area contributed by atoms with Crippen molar-refractivity contribution in [2.45, 2.75) is 26.3 Å². The lowest BCUT2D eigenvalue weighted by atomic mass is 10.4. The number of guanidine groups is 1. The number of halogens is 1. The monoisotopic (exact) mass is 314 g/mol. The molecular formula is C15H27ClN4O. The van der Waals surface area contributed by atoms with Gasteiger partial charge >= 0.3 is 0 Å². The Balaban J connectivity index is 2.36. The predicted octanol–water partition coefficient (Wildman–Crippen LogP) is 2.50. The molecule has 120 valence electrons. The number of ether oxygens (including phenoxy) is 1. The number of aryl methyl sites for hydroxylation is 1. The summed E-state index contributed by atoms with van der Waals surface area (Å²) in [4.78, 5) is 6.36. The molecule has 0 aliphatic heterocycles. The molecule has 5 nitrogen and oxygen atoms in total. The van der Waals surface area contributed by atoms with Crippen molar-refractivity contribution >= 4 is 17.6 Å². The number of unbranched alkanes of at least 4 members (excludes halogenated alkanes) is 1. The van der Waals surface area contributed by atoms with Gasteiger partial charge in [-0.05, 0) is 12.5 Å². The molecule has 0 radical (unpaired) electrons. The maximum atomic E-state index is 6.00. The zero-order valence-corrected chi connectivity index (χ0v) is 14.3. The van der Waals surface area contributed by atoms with Crippen molar-refractivity contribution in [3.8, 4) is 0 Å². The molecule has 1 heterocycles. The Labute approximate surface area is 132 Å². The van der Waals surface area contributed by atoms with E-state index in [9.17, 15) is 0 Å². The third-order valence-corrected chi connectivity index (χ3v) is 3.43. The summed E-state index contributed by atoms with van der Waals surface area (Å²) in [5, 5.41) is 4.06. The van der Waals surface area contributed by atoms with Crippen LogP contribution in [0.15, 0.2) is 17.3 Å². The van der Waals surface area contributed by atoms with E-state index in [0.717, 1.165) is 49.2 Å². The second-order valence-electron chi connectivity index (χ2n) is 5.06. The van der Waals surface area contributed by atoms with Gasteiger partial charge in [-0.15, -0.1) is 0 Å². The summed E-state index contributed by atoms with van der Waals surface area (Å²) in [6, 6.07) is 1.97. The highest BCUT2D eigenvalue weighted by molar-refractivity contribution is 6.30. The first-order valence-electron chi connectivity index (χ1n) is 7.38. The van der Waals surface area contributed by atoms with Crippen LogP contribution in [0.3, 0.4) is 0 Å². The maximum Gasteiger partial charge on any atom is 0.193 e. The summed E-state index contributed by atoms with van der Waals surface area (Å²) in [7, 11) is 5.79. The lowest BCUT2D eigenvalue weighted by Crippen LogP contribution is -2.40. The van der Waals surface area contributed by atoms with Gasteiger partial charge in [0.1, 0.15) is 0 Å². The zero-order valence-electron chi connectivity index (χ0n) is 13.5. The fourth-order valence-electron chi connectivity index (χ4n) is 2.01. The van der Waals surface area contributed by atoms with E-state index in [1.54, 1.807) is 7.05 Å². The molecule has 0 saturated carbocycles. The number of hydrogen-bond acceptors (Lipinski definition) is 2. The van der Waals surface area contributed by atoms with Crippen molar-refractivity contribution in [1.82, 2.24) is 14.8 Å². The van der Waals surface area contributed by atoms with Crippen molar-refractivity contribution in [3.05, 3.63) is 23.0 Å². The largest absolute Gasteiger partial charge is 0.380 e.